The van der Waals surface area contributed by atoms with Gasteiger partial charge in [0, 0.05) is 12.6 Å². The molecule has 2 saturated heterocycles. The van der Waals surface area contributed by atoms with Crippen LogP contribution in [-0.4, -0.2) is 37.1 Å². The van der Waals surface area contributed by atoms with Crippen LogP contribution in [0.3, 0.4) is 0 Å². The van der Waals surface area contributed by atoms with Gasteiger partial charge in [0.15, 0.2) is 0 Å². The Bertz CT molecular complexity index is 371. The summed E-state index contributed by atoms with van der Waals surface area (Å²) in [6.45, 7) is 7.15. The zero-order valence-corrected chi connectivity index (χ0v) is 11.4. The van der Waals surface area contributed by atoms with Crippen LogP contribution in [0.15, 0.2) is 24.3 Å². The molecule has 0 amide bonds. The lowest BCUT2D eigenvalue weighted by atomic mass is 9.88. The fourth-order valence-electron chi connectivity index (χ4n) is 3.39. The van der Waals surface area contributed by atoms with Crippen molar-refractivity contribution in [3.8, 4) is 0 Å². The van der Waals surface area contributed by atoms with Crippen LogP contribution in [0.4, 0.5) is 0 Å². The number of hydrogen-bond donors (Lipinski definition) is 1. The Morgan fingerprint density at radius 2 is 1.78 bits per heavy atom. The number of rotatable bonds is 2. The molecule has 1 aromatic carbocycles. The van der Waals surface area contributed by atoms with Gasteiger partial charge in [-0.3, -0.25) is 4.90 Å². The van der Waals surface area contributed by atoms with E-state index in [0.717, 1.165) is 12.0 Å². The minimum absolute atomic E-state index is 0.788. The van der Waals surface area contributed by atoms with Crippen LogP contribution in [0.1, 0.15) is 36.3 Å². The topological polar surface area (TPSA) is 15.3 Å². The number of aryl methyl sites for hydroxylation is 1. The molecule has 2 fully saturated rings. The first-order chi connectivity index (χ1) is 8.83. The molecule has 1 atom stereocenters. The van der Waals surface area contributed by atoms with Crippen molar-refractivity contribution >= 4 is 0 Å². The lowest BCUT2D eigenvalue weighted by molar-refractivity contribution is 0.161. The molecule has 0 aliphatic carbocycles. The predicted octanol–water partition coefficient (Wildman–Crippen LogP) is 2.54. The van der Waals surface area contributed by atoms with Crippen molar-refractivity contribution < 1.29 is 0 Å². The lowest BCUT2D eigenvalue weighted by Crippen LogP contribution is -2.42. The molecule has 2 aliphatic rings. The average Bonchev–Trinajstić information content (AvgIpc) is 2.94. The summed E-state index contributed by atoms with van der Waals surface area (Å²) >= 11 is 0. The molecule has 1 N–H and O–H groups in total. The third-order valence-electron chi connectivity index (χ3n) is 4.63. The van der Waals surface area contributed by atoms with Crippen LogP contribution >= 0.6 is 0 Å². The summed E-state index contributed by atoms with van der Waals surface area (Å²) in [6, 6.07) is 9.97. The van der Waals surface area contributed by atoms with Crippen LogP contribution < -0.4 is 5.32 Å². The van der Waals surface area contributed by atoms with Crippen molar-refractivity contribution in [2.75, 3.05) is 26.2 Å². The summed E-state index contributed by atoms with van der Waals surface area (Å²) in [7, 11) is 0. The number of benzene rings is 1. The molecule has 0 aromatic heterocycles. The van der Waals surface area contributed by atoms with E-state index in [1.807, 2.05) is 0 Å². The minimum Gasteiger partial charge on any atom is -0.315 e. The fourth-order valence-corrected chi connectivity index (χ4v) is 3.39. The molecule has 2 aliphatic heterocycles. The third kappa shape index (κ3) is 2.60. The summed E-state index contributed by atoms with van der Waals surface area (Å²) in [5, 5.41) is 3.48. The van der Waals surface area contributed by atoms with Gasteiger partial charge in [-0.15, -0.1) is 0 Å². The summed E-state index contributed by atoms with van der Waals surface area (Å²) in [4.78, 5) is 2.70. The Morgan fingerprint density at radius 3 is 2.39 bits per heavy atom. The van der Waals surface area contributed by atoms with E-state index in [-0.39, 0.29) is 0 Å². The van der Waals surface area contributed by atoms with E-state index in [4.69, 9.17) is 0 Å². The summed E-state index contributed by atoms with van der Waals surface area (Å²) in [5.41, 5.74) is 2.91. The minimum atomic E-state index is 0.788. The first-order valence-electron chi connectivity index (χ1n) is 7.34. The largest absolute Gasteiger partial charge is 0.315 e. The normalized spacial score (nSPS) is 26.6. The Morgan fingerprint density at radius 1 is 1.06 bits per heavy atom. The van der Waals surface area contributed by atoms with Gasteiger partial charge < -0.3 is 5.32 Å². The molecule has 0 saturated carbocycles. The summed E-state index contributed by atoms with van der Waals surface area (Å²) in [5.74, 6) is 0.788. The van der Waals surface area contributed by atoms with Crippen LogP contribution in [-0.2, 0) is 0 Å². The molecule has 2 nitrogen and oxygen atoms in total. The van der Waals surface area contributed by atoms with Gasteiger partial charge >= 0.3 is 0 Å². The van der Waals surface area contributed by atoms with Crippen molar-refractivity contribution in [2.24, 2.45) is 0 Å². The maximum atomic E-state index is 3.48. The van der Waals surface area contributed by atoms with Crippen LogP contribution in [0, 0.1) is 6.92 Å². The molecule has 18 heavy (non-hydrogen) atoms. The monoisotopic (exact) mass is 244 g/mol. The highest BCUT2D eigenvalue weighted by molar-refractivity contribution is 5.25. The number of piperidine rings is 1. The van der Waals surface area contributed by atoms with Crippen molar-refractivity contribution in [3.63, 3.8) is 0 Å². The van der Waals surface area contributed by atoms with E-state index >= 15 is 0 Å². The smallest absolute Gasteiger partial charge is 0.0232 e. The molecule has 1 unspecified atom stereocenters. The van der Waals surface area contributed by atoms with E-state index in [1.165, 1.54) is 51.0 Å². The predicted molar refractivity (Wildman–Crippen MR) is 76.0 cm³/mol. The first-order valence-corrected chi connectivity index (χ1v) is 7.34. The van der Waals surface area contributed by atoms with Crippen molar-refractivity contribution in [2.45, 2.75) is 38.1 Å². The van der Waals surface area contributed by atoms with Crippen LogP contribution in [0.5, 0.6) is 0 Å². The van der Waals surface area contributed by atoms with Crippen LogP contribution in [0.2, 0.25) is 0 Å². The van der Waals surface area contributed by atoms with E-state index in [1.54, 1.807) is 5.56 Å². The Balaban J connectivity index is 1.57. The van der Waals surface area contributed by atoms with Crippen LogP contribution in [0.25, 0.3) is 0 Å². The number of nitrogens with one attached hydrogen (secondary N) is 1. The van der Waals surface area contributed by atoms with Gasteiger partial charge in [0.2, 0.25) is 0 Å². The van der Waals surface area contributed by atoms with Gasteiger partial charge in [-0.25, -0.2) is 0 Å². The zero-order chi connectivity index (χ0) is 12.4. The Labute approximate surface area is 110 Å². The van der Waals surface area contributed by atoms with Gasteiger partial charge in [0.05, 0.1) is 0 Å². The maximum absolute atomic E-state index is 3.48. The maximum Gasteiger partial charge on any atom is 0.0232 e. The average molecular weight is 244 g/mol. The molecule has 1 aromatic rings. The molecule has 2 heterocycles. The summed E-state index contributed by atoms with van der Waals surface area (Å²) in [6.07, 6.45) is 4.01. The van der Waals surface area contributed by atoms with Crippen molar-refractivity contribution in [1.82, 2.24) is 10.2 Å². The number of hydrogen-bond acceptors (Lipinski definition) is 2. The van der Waals surface area contributed by atoms with Gasteiger partial charge in [0.1, 0.15) is 0 Å². The molecule has 0 spiro atoms. The highest BCUT2D eigenvalue weighted by Gasteiger charge is 2.27. The molecular formula is C16H24N2. The SMILES string of the molecule is Cc1ccc(C2CCN(C3CCNC3)CC2)cc1. The van der Waals surface area contributed by atoms with E-state index in [0.29, 0.717) is 0 Å². The van der Waals surface area contributed by atoms with Gasteiger partial charge in [0.25, 0.3) is 0 Å². The molecule has 3 rings (SSSR count). The molecule has 0 bridgehead atoms. The van der Waals surface area contributed by atoms with Gasteiger partial charge in [-0.2, -0.15) is 0 Å². The first kappa shape index (κ1) is 12.2. The molecular weight excluding hydrogens is 220 g/mol. The van der Waals surface area contributed by atoms with Crippen molar-refractivity contribution in [3.05, 3.63) is 35.4 Å². The fraction of sp³-hybridized carbons (Fsp3) is 0.625. The highest BCUT2D eigenvalue weighted by Crippen LogP contribution is 2.29. The molecule has 98 valence electrons. The van der Waals surface area contributed by atoms with E-state index < -0.39 is 0 Å². The zero-order valence-electron chi connectivity index (χ0n) is 11.4. The van der Waals surface area contributed by atoms with Crippen molar-refractivity contribution in [1.29, 1.82) is 0 Å². The van der Waals surface area contributed by atoms with E-state index in [2.05, 4.69) is 41.4 Å². The molecule has 2 heteroatoms. The van der Waals surface area contributed by atoms with Gasteiger partial charge in [-0.1, -0.05) is 29.8 Å². The van der Waals surface area contributed by atoms with E-state index in [9.17, 15) is 0 Å². The second kappa shape index (κ2) is 5.41. The Kier molecular flexibility index (Phi) is 3.67. The summed E-state index contributed by atoms with van der Waals surface area (Å²) < 4.78 is 0. The number of likely N-dealkylation sites (tertiary alicyclic amines) is 1. The molecule has 0 radical (unpaired) electrons. The third-order valence-corrected chi connectivity index (χ3v) is 4.63. The lowest BCUT2D eigenvalue weighted by Gasteiger charge is -2.35. The Hall–Kier alpha value is -0.860. The number of nitrogens with zero attached hydrogens (tertiary/aromatic N) is 1. The standard InChI is InChI=1S/C16H24N2/c1-13-2-4-14(5-3-13)15-7-10-18(11-8-15)16-6-9-17-12-16/h2-5,15-17H,6-12H2,1H3. The quantitative estimate of drug-likeness (QED) is 0.860. The highest BCUT2D eigenvalue weighted by atomic mass is 15.2. The second-order valence-corrected chi connectivity index (χ2v) is 5.87. The van der Waals surface area contributed by atoms with Gasteiger partial charge in [-0.05, 0) is 57.3 Å². The second-order valence-electron chi connectivity index (χ2n) is 5.87.